The van der Waals surface area contributed by atoms with Crippen molar-refractivity contribution in [3.8, 4) is 5.75 Å². The SMILES string of the molecule is CCOc1cncc(C(N)C2(C)CCCCO2)c1. The highest BCUT2D eigenvalue weighted by Gasteiger charge is 2.35. The van der Waals surface area contributed by atoms with Gasteiger partial charge in [-0.25, -0.2) is 0 Å². The second-order valence-electron chi connectivity index (χ2n) is 4.98. The fourth-order valence-electron chi connectivity index (χ4n) is 2.40. The Morgan fingerprint density at radius 1 is 1.50 bits per heavy atom. The molecule has 0 saturated carbocycles. The molecule has 1 fully saturated rings. The molecule has 1 aromatic heterocycles. The van der Waals surface area contributed by atoms with E-state index < -0.39 is 0 Å². The number of hydrogen-bond acceptors (Lipinski definition) is 4. The number of hydrogen-bond donors (Lipinski definition) is 1. The molecule has 2 rings (SSSR count). The monoisotopic (exact) mass is 250 g/mol. The Labute approximate surface area is 108 Å². The number of pyridine rings is 1. The third kappa shape index (κ3) is 2.82. The Hall–Kier alpha value is -1.13. The van der Waals surface area contributed by atoms with E-state index in [4.69, 9.17) is 15.2 Å². The van der Waals surface area contributed by atoms with Gasteiger partial charge >= 0.3 is 0 Å². The van der Waals surface area contributed by atoms with Gasteiger partial charge in [-0.05, 0) is 44.7 Å². The maximum absolute atomic E-state index is 6.35. The van der Waals surface area contributed by atoms with E-state index in [0.29, 0.717) is 6.61 Å². The van der Waals surface area contributed by atoms with E-state index in [1.165, 1.54) is 6.42 Å². The van der Waals surface area contributed by atoms with Crippen molar-refractivity contribution in [1.82, 2.24) is 4.98 Å². The number of rotatable bonds is 4. The van der Waals surface area contributed by atoms with Gasteiger partial charge in [-0.2, -0.15) is 0 Å². The summed E-state index contributed by atoms with van der Waals surface area (Å²) in [6.45, 7) is 5.47. The summed E-state index contributed by atoms with van der Waals surface area (Å²) in [5.74, 6) is 0.768. The molecule has 2 unspecified atom stereocenters. The van der Waals surface area contributed by atoms with E-state index >= 15 is 0 Å². The van der Waals surface area contributed by atoms with Crippen LogP contribution in [0.4, 0.5) is 0 Å². The van der Waals surface area contributed by atoms with Crippen LogP contribution >= 0.6 is 0 Å². The lowest BCUT2D eigenvalue weighted by Gasteiger charge is -2.38. The van der Waals surface area contributed by atoms with Crippen molar-refractivity contribution in [2.24, 2.45) is 5.73 Å². The largest absolute Gasteiger partial charge is 0.492 e. The standard InChI is InChI=1S/C14H22N2O2/c1-3-17-12-8-11(9-16-10-12)13(15)14(2)6-4-5-7-18-14/h8-10,13H,3-7,15H2,1-2H3. The molecule has 1 aliphatic rings. The summed E-state index contributed by atoms with van der Waals surface area (Å²) in [7, 11) is 0. The summed E-state index contributed by atoms with van der Waals surface area (Å²) >= 11 is 0. The van der Waals surface area contributed by atoms with Crippen LogP contribution in [-0.4, -0.2) is 23.8 Å². The topological polar surface area (TPSA) is 57.4 Å². The first-order valence-corrected chi connectivity index (χ1v) is 6.63. The van der Waals surface area contributed by atoms with E-state index in [-0.39, 0.29) is 11.6 Å². The summed E-state index contributed by atoms with van der Waals surface area (Å²) < 4.78 is 11.3. The van der Waals surface area contributed by atoms with Crippen LogP contribution in [0.3, 0.4) is 0 Å². The van der Waals surface area contributed by atoms with Crippen molar-refractivity contribution in [3.05, 3.63) is 24.0 Å². The predicted octanol–water partition coefficient (Wildman–Crippen LogP) is 2.44. The molecule has 0 bridgehead atoms. The van der Waals surface area contributed by atoms with Gasteiger partial charge in [-0.1, -0.05) is 0 Å². The first-order valence-electron chi connectivity index (χ1n) is 6.63. The van der Waals surface area contributed by atoms with Crippen molar-refractivity contribution in [3.63, 3.8) is 0 Å². The van der Waals surface area contributed by atoms with Gasteiger partial charge in [0.1, 0.15) is 5.75 Å². The lowest BCUT2D eigenvalue weighted by Crippen LogP contribution is -2.43. The van der Waals surface area contributed by atoms with Crippen molar-refractivity contribution in [2.75, 3.05) is 13.2 Å². The number of ether oxygens (including phenoxy) is 2. The molecule has 0 aliphatic carbocycles. The zero-order chi connectivity index (χ0) is 13.0. The van der Waals surface area contributed by atoms with Gasteiger partial charge in [0.05, 0.1) is 24.4 Å². The molecule has 2 heterocycles. The maximum atomic E-state index is 6.35. The average Bonchev–Trinajstić information content (AvgIpc) is 2.39. The van der Waals surface area contributed by atoms with Gasteiger partial charge in [0.15, 0.2) is 0 Å². The molecule has 0 amide bonds. The highest BCUT2D eigenvalue weighted by molar-refractivity contribution is 5.27. The molecule has 100 valence electrons. The first-order chi connectivity index (χ1) is 8.65. The van der Waals surface area contributed by atoms with Gasteiger partial charge in [-0.15, -0.1) is 0 Å². The molecule has 18 heavy (non-hydrogen) atoms. The van der Waals surface area contributed by atoms with Crippen molar-refractivity contribution in [1.29, 1.82) is 0 Å². The van der Waals surface area contributed by atoms with Crippen LogP contribution in [0, 0.1) is 0 Å². The Bertz CT molecular complexity index is 389. The maximum Gasteiger partial charge on any atom is 0.137 e. The first kappa shape index (κ1) is 13.3. The zero-order valence-electron chi connectivity index (χ0n) is 11.2. The van der Waals surface area contributed by atoms with Gasteiger partial charge < -0.3 is 15.2 Å². The molecular weight excluding hydrogens is 228 g/mol. The minimum absolute atomic E-state index is 0.161. The Kier molecular flexibility index (Phi) is 4.19. The third-order valence-electron chi connectivity index (χ3n) is 3.56. The summed E-state index contributed by atoms with van der Waals surface area (Å²) in [4.78, 5) is 4.19. The number of aromatic nitrogens is 1. The second kappa shape index (κ2) is 5.67. The highest BCUT2D eigenvalue weighted by Crippen LogP contribution is 2.35. The Morgan fingerprint density at radius 2 is 2.33 bits per heavy atom. The molecule has 4 heteroatoms. The highest BCUT2D eigenvalue weighted by atomic mass is 16.5. The van der Waals surface area contributed by atoms with Crippen molar-refractivity contribution < 1.29 is 9.47 Å². The van der Waals surface area contributed by atoms with Crippen LogP contribution in [0.5, 0.6) is 5.75 Å². The Morgan fingerprint density at radius 3 is 3.00 bits per heavy atom. The number of nitrogens with two attached hydrogens (primary N) is 1. The molecule has 0 aromatic carbocycles. The van der Waals surface area contributed by atoms with Crippen LogP contribution in [0.15, 0.2) is 18.5 Å². The van der Waals surface area contributed by atoms with Crippen LogP contribution in [0.1, 0.15) is 44.7 Å². The van der Waals surface area contributed by atoms with E-state index in [0.717, 1.165) is 30.8 Å². The zero-order valence-corrected chi connectivity index (χ0v) is 11.2. The predicted molar refractivity (Wildman–Crippen MR) is 70.5 cm³/mol. The minimum atomic E-state index is -0.287. The fourth-order valence-corrected chi connectivity index (χ4v) is 2.40. The molecule has 2 atom stereocenters. The second-order valence-corrected chi connectivity index (χ2v) is 4.98. The summed E-state index contributed by atoms with van der Waals surface area (Å²) in [5.41, 5.74) is 7.04. The molecule has 1 aliphatic heterocycles. The number of nitrogens with zero attached hydrogens (tertiary/aromatic N) is 1. The molecule has 1 aromatic rings. The van der Waals surface area contributed by atoms with E-state index in [1.54, 1.807) is 12.4 Å². The van der Waals surface area contributed by atoms with Crippen molar-refractivity contribution in [2.45, 2.75) is 44.8 Å². The fraction of sp³-hybridized carbons (Fsp3) is 0.643. The normalized spacial score (nSPS) is 25.7. The molecule has 0 radical (unpaired) electrons. The lowest BCUT2D eigenvalue weighted by molar-refractivity contribution is -0.0821. The van der Waals surface area contributed by atoms with E-state index in [9.17, 15) is 0 Å². The van der Waals surface area contributed by atoms with E-state index in [2.05, 4.69) is 11.9 Å². The van der Waals surface area contributed by atoms with Crippen LogP contribution in [0.25, 0.3) is 0 Å². The summed E-state index contributed by atoms with van der Waals surface area (Å²) in [5, 5.41) is 0. The van der Waals surface area contributed by atoms with Crippen LogP contribution in [0.2, 0.25) is 0 Å². The Balaban J connectivity index is 2.16. The molecule has 0 spiro atoms. The third-order valence-corrected chi connectivity index (χ3v) is 3.56. The summed E-state index contributed by atoms with van der Waals surface area (Å²) in [6.07, 6.45) is 6.80. The van der Waals surface area contributed by atoms with Crippen molar-refractivity contribution >= 4 is 0 Å². The lowest BCUT2D eigenvalue weighted by atomic mass is 9.85. The minimum Gasteiger partial charge on any atom is -0.492 e. The quantitative estimate of drug-likeness (QED) is 0.891. The van der Waals surface area contributed by atoms with Gasteiger partial charge in [0.25, 0.3) is 0 Å². The van der Waals surface area contributed by atoms with E-state index in [1.807, 2.05) is 13.0 Å². The van der Waals surface area contributed by atoms with Crippen LogP contribution in [-0.2, 0) is 4.74 Å². The molecule has 1 saturated heterocycles. The average molecular weight is 250 g/mol. The molecular formula is C14H22N2O2. The molecule has 2 N–H and O–H groups in total. The van der Waals surface area contributed by atoms with Crippen LogP contribution < -0.4 is 10.5 Å². The smallest absolute Gasteiger partial charge is 0.137 e. The summed E-state index contributed by atoms with van der Waals surface area (Å²) in [6, 6.07) is 1.80. The van der Waals surface area contributed by atoms with Gasteiger partial charge in [-0.3, -0.25) is 4.98 Å². The molecule has 4 nitrogen and oxygen atoms in total. The van der Waals surface area contributed by atoms with Gasteiger partial charge in [0.2, 0.25) is 0 Å². The van der Waals surface area contributed by atoms with Gasteiger partial charge in [0, 0.05) is 12.8 Å².